The normalized spacial score (nSPS) is 27.4. The molecule has 0 aromatic heterocycles. The number of carbonyl (C=O) groups is 8. The van der Waals surface area contributed by atoms with Crippen molar-refractivity contribution in [2.75, 3.05) is 44.4 Å². The molecule has 1 aromatic rings. The first-order chi connectivity index (χ1) is 32.7. The van der Waals surface area contributed by atoms with Gasteiger partial charge in [0.15, 0.2) is 5.96 Å². The van der Waals surface area contributed by atoms with Crippen LogP contribution in [0.4, 0.5) is 0 Å². The van der Waals surface area contributed by atoms with Crippen molar-refractivity contribution in [1.82, 2.24) is 40.9 Å². The Kier molecular flexibility index (Phi) is 16.8. The van der Waals surface area contributed by atoms with Gasteiger partial charge in [0.1, 0.15) is 36.3 Å². The number of amides is 7. The van der Waals surface area contributed by atoms with Crippen LogP contribution in [-0.4, -0.2) is 182 Å². The standard InChI is InChI=1S/C45H66N12O10S/c46-14-13-30(52-40(62)36-23-68-24-56(36)37(59)20-51-38(60)33-19-28(58)22-55(33)41(63)29-10-5-15-49-29)42(64)54-21-27-9-2-1-7-25(27)17-35(54)43(65)57-32-12-4-3-8-26(32)18-34(57)39(61)53-31(44(66)67)11-6-16-50-45(47)48/h1-2,7,9,26,28-36,49,58H,3-6,8,10-24,46H2,(H,51,60)(H,52,62)(H,53,61)(H,66,67)(H4,47,48,50)/t26-,28+,29-,30-,31-,32-,33-,34-,35+,36-/m0/s1. The molecule has 10 atom stereocenters. The summed E-state index contributed by atoms with van der Waals surface area (Å²) in [6.07, 6.45) is 4.57. The molecule has 7 rings (SSSR count). The number of likely N-dealkylation sites (tertiary alicyclic amines) is 2. The molecule has 5 fully saturated rings. The second-order valence-corrected chi connectivity index (χ2v) is 19.7. The SMILES string of the molecule is NCC[C@H](NC(=O)[C@@H]1CSCN1C(=O)CNC(=O)[C@@H]1C[C@@H](O)CN1C(=O)[C@@H]1CCCN1)C(=O)N1Cc2ccccc2C[C@@H]1C(=O)N1[C@H](C(=O)N[C@@H](CCCN=C(N)N)C(=O)O)C[C@@H]2CCCC[C@@H]21. The van der Waals surface area contributed by atoms with Crippen molar-refractivity contribution in [2.24, 2.45) is 28.1 Å². The molecule has 5 aliphatic heterocycles. The first-order valence-corrected chi connectivity index (χ1v) is 25.0. The van der Waals surface area contributed by atoms with Gasteiger partial charge >= 0.3 is 5.97 Å². The topological polar surface area (TPSA) is 329 Å². The van der Waals surface area contributed by atoms with Gasteiger partial charge in [0.25, 0.3) is 0 Å². The first kappa shape index (κ1) is 50.4. The number of thioether (sulfide) groups is 1. The van der Waals surface area contributed by atoms with E-state index in [4.69, 9.17) is 17.2 Å². The van der Waals surface area contributed by atoms with Gasteiger partial charge in [-0.05, 0) is 81.5 Å². The van der Waals surface area contributed by atoms with Gasteiger partial charge in [-0.3, -0.25) is 38.6 Å². The van der Waals surface area contributed by atoms with Crippen LogP contribution in [0.2, 0.25) is 0 Å². The molecule has 1 saturated carbocycles. The molecule has 6 aliphatic rings. The summed E-state index contributed by atoms with van der Waals surface area (Å²) in [5.74, 6) is -4.66. The molecule has 0 spiro atoms. The molecule has 1 aliphatic carbocycles. The third-order valence-corrected chi connectivity index (χ3v) is 15.2. The van der Waals surface area contributed by atoms with E-state index in [1.807, 2.05) is 24.3 Å². The molecule has 12 N–H and O–H groups in total. The van der Waals surface area contributed by atoms with Crippen molar-refractivity contribution in [3.8, 4) is 0 Å². The number of hydrogen-bond donors (Lipinski definition) is 9. The maximum absolute atomic E-state index is 15.2. The van der Waals surface area contributed by atoms with E-state index in [0.717, 1.165) is 36.8 Å². The van der Waals surface area contributed by atoms with Gasteiger partial charge in [-0.15, -0.1) is 11.8 Å². The molecule has 4 saturated heterocycles. The number of aliphatic carboxylic acids is 1. The van der Waals surface area contributed by atoms with Gasteiger partial charge < -0.3 is 68.3 Å². The van der Waals surface area contributed by atoms with E-state index in [1.54, 1.807) is 4.90 Å². The lowest BCUT2D eigenvalue weighted by Gasteiger charge is -2.42. The van der Waals surface area contributed by atoms with Crippen LogP contribution in [0.3, 0.4) is 0 Å². The minimum absolute atomic E-state index is 0.00482. The Morgan fingerprint density at radius 3 is 2.28 bits per heavy atom. The lowest BCUT2D eigenvalue weighted by atomic mass is 9.84. The fourth-order valence-electron chi connectivity index (χ4n) is 10.8. The number of nitrogens with zero attached hydrogens (tertiary/aromatic N) is 5. The maximum atomic E-state index is 15.2. The predicted octanol–water partition coefficient (Wildman–Crippen LogP) is -2.71. The summed E-state index contributed by atoms with van der Waals surface area (Å²) in [6.45, 7) is 0.418. The number of aliphatic hydroxyl groups excluding tert-OH is 1. The Bertz CT molecular complexity index is 2100. The van der Waals surface area contributed by atoms with Gasteiger partial charge in [-0.1, -0.05) is 37.1 Å². The van der Waals surface area contributed by atoms with Crippen molar-refractivity contribution in [3.63, 3.8) is 0 Å². The number of guanidine groups is 1. The zero-order chi connectivity index (χ0) is 48.6. The van der Waals surface area contributed by atoms with E-state index in [0.29, 0.717) is 25.8 Å². The maximum Gasteiger partial charge on any atom is 0.326 e. The summed E-state index contributed by atoms with van der Waals surface area (Å²) in [5, 5.41) is 31.6. The van der Waals surface area contributed by atoms with E-state index in [9.17, 15) is 43.8 Å². The summed E-state index contributed by atoms with van der Waals surface area (Å²) in [7, 11) is 0. The third-order valence-electron chi connectivity index (χ3n) is 14.2. The number of fused-ring (bicyclic) bond motifs is 2. The molecule has 22 nitrogen and oxygen atoms in total. The molecule has 7 amide bonds. The number of rotatable bonds is 17. The number of aliphatic imine (C=N–C) groups is 1. The minimum Gasteiger partial charge on any atom is -0.480 e. The van der Waals surface area contributed by atoms with E-state index >= 15 is 4.79 Å². The monoisotopic (exact) mass is 966 g/mol. The highest BCUT2D eigenvalue weighted by Gasteiger charge is 2.52. The van der Waals surface area contributed by atoms with Crippen LogP contribution < -0.4 is 38.5 Å². The van der Waals surface area contributed by atoms with Gasteiger partial charge in [0.2, 0.25) is 41.4 Å². The molecule has 1 aromatic carbocycles. The highest BCUT2D eigenvalue weighted by Crippen LogP contribution is 2.41. The second kappa shape index (κ2) is 22.7. The van der Waals surface area contributed by atoms with Crippen molar-refractivity contribution >= 4 is 65.0 Å². The lowest BCUT2D eigenvalue weighted by molar-refractivity contribution is -0.153. The van der Waals surface area contributed by atoms with E-state index in [-0.39, 0.29) is 93.7 Å². The number of hydrogen-bond acceptors (Lipinski definition) is 13. The summed E-state index contributed by atoms with van der Waals surface area (Å²) >= 11 is 1.32. The number of carbonyl (C=O) groups excluding carboxylic acids is 7. The highest BCUT2D eigenvalue weighted by molar-refractivity contribution is 7.99. The quantitative estimate of drug-likeness (QED) is 0.0436. The van der Waals surface area contributed by atoms with Gasteiger partial charge in [-0.25, -0.2) is 4.79 Å². The van der Waals surface area contributed by atoms with E-state index in [1.165, 1.54) is 26.5 Å². The minimum atomic E-state index is -1.26. The van der Waals surface area contributed by atoms with Crippen LogP contribution in [0, 0.1) is 5.92 Å². The molecule has 5 heterocycles. The molecular formula is C45H66N12O10S. The molecule has 0 radical (unpaired) electrons. The Labute approximate surface area is 399 Å². The molecule has 23 heteroatoms. The van der Waals surface area contributed by atoms with E-state index in [2.05, 4.69) is 26.3 Å². The zero-order valence-electron chi connectivity index (χ0n) is 38.3. The number of carboxylic acid groups (broad SMARTS) is 1. The number of nitrogens with one attached hydrogen (secondary N) is 4. The van der Waals surface area contributed by atoms with Gasteiger partial charge in [0, 0.05) is 44.3 Å². The van der Waals surface area contributed by atoms with Crippen LogP contribution in [0.5, 0.6) is 0 Å². The molecule has 372 valence electrons. The smallest absolute Gasteiger partial charge is 0.326 e. The van der Waals surface area contributed by atoms with Crippen molar-refractivity contribution in [1.29, 1.82) is 0 Å². The summed E-state index contributed by atoms with van der Waals surface area (Å²) in [4.78, 5) is 120. The number of β-amino-alcohol motifs (C(OH)–C–C–N with tert-alkyl or cyclic N) is 1. The summed E-state index contributed by atoms with van der Waals surface area (Å²) in [6, 6.07) is 0.202. The van der Waals surface area contributed by atoms with Crippen LogP contribution in [0.1, 0.15) is 81.8 Å². The second-order valence-electron chi connectivity index (χ2n) is 18.7. The molecule has 68 heavy (non-hydrogen) atoms. The fourth-order valence-corrected chi connectivity index (χ4v) is 11.9. The number of aliphatic hydroxyl groups is 1. The van der Waals surface area contributed by atoms with Gasteiger partial charge in [0.05, 0.1) is 24.6 Å². The Balaban J connectivity index is 1.05. The summed E-state index contributed by atoms with van der Waals surface area (Å²) in [5.41, 5.74) is 18.5. The molecule has 0 unspecified atom stereocenters. The highest BCUT2D eigenvalue weighted by atomic mass is 32.2. The Hall–Kier alpha value is -5.52. The number of nitrogens with two attached hydrogens (primary N) is 3. The van der Waals surface area contributed by atoms with Crippen molar-refractivity contribution in [2.45, 2.75) is 138 Å². The first-order valence-electron chi connectivity index (χ1n) is 23.8. The fraction of sp³-hybridized carbons (Fsp3) is 0.667. The number of benzene rings is 1. The molecular weight excluding hydrogens is 901 g/mol. The summed E-state index contributed by atoms with van der Waals surface area (Å²) < 4.78 is 0. The third kappa shape index (κ3) is 11.5. The Morgan fingerprint density at radius 2 is 1.56 bits per heavy atom. The average molecular weight is 967 g/mol. The number of carboxylic acids is 1. The van der Waals surface area contributed by atoms with Crippen LogP contribution in [-0.2, 0) is 51.3 Å². The zero-order valence-corrected chi connectivity index (χ0v) is 39.1. The largest absolute Gasteiger partial charge is 0.480 e. The van der Waals surface area contributed by atoms with Crippen molar-refractivity contribution < 1.29 is 48.6 Å². The van der Waals surface area contributed by atoms with Crippen LogP contribution in [0.15, 0.2) is 29.3 Å². The predicted molar refractivity (Wildman–Crippen MR) is 249 cm³/mol. The molecule has 0 bridgehead atoms. The van der Waals surface area contributed by atoms with Crippen molar-refractivity contribution in [3.05, 3.63) is 35.4 Å². The van der Waals surface area contributed by atoms with Crippen LogP contribution in [0.25, 0.3) is 0 Å². The average Bonchev–Trinajstić information content (AvgIpc) is 4.17. The van der Waals surface area contributed by atoms with Crippen LogP contribution >= 0.6 is 11.8 Å². The van der Waals surface area contributed by atoms with E-state index < -0.39 is 96.4 Å². The Morgan fingerprint density at radius 1 is 0.824 bits per heavy atom. The lowest BCUT2D eigenvalue weighted by Crippen LogP contribution is -2.62. The van der Waals surface area contributed by atoms with Gasteiger partial charge in [-0.2, -0.15) is 0 Å².